The molecule has 1 fully saturated rings. The molecule has 0 saturated carbocycles. The van der Waals surface area contributed by atoms with Crippen LogP contribution in [0.1, 0.15) is 28.3 Å². The maximum atomic E-state index is 13.5. The molecule has 2 unspecified atom stereocenters. The Morgan fingerprint density at radius 2 is 1.52 bits per heavy atom. The van der Waals surface area contributed by atoms with Crippen molar-refractivity contribution in [2.45, 2.75) is 37.1 Å². The van der Waals surface area contributed by atoms with Gasteiger partial charge in [0.05, 0.1) is 45.3 Å². The lowest BCUT2D eigenvalue weighted by atomic mass is 10.0. The molecule has 8 nitrogen and oxygen atoms in total. The number of nitrogens with zero attached hydrogens (tertiary/aromatic N) is 5. The summed E-state index contributed by atoms with van der Waals surface area (Å²) in [6, 6.07) is 19.1. The van der Waals surface area contributed by atoms with E-state index < -0.39 is 23.2 Å². The smallest absolute Gasteiger partial charge is 0.416 e. The number of fused-ring (bicyclic) bond motifs is 1. The first-order valence-electron chi connectivity index (χ1n) is 15.8. The van der Waals surface area contributed by atoms with Crippen LogP contribution in [0.4, 0.5) is 17.6 Å². The SMILES string of the molecule is C[N+](C)(CCO)Cc1nnc(CN2C3=CC=CC3C(=O)NC2SCc2ccc(F)cc2)n1Cc1ccc(-c2ccc(C(F)(F)F)cc2)cc1.[Cl-]. The summed E-state index contributed by atoms with van der Waals surface area (Å²) in [4.78, 5) is 15.2. The maximum absolute atomic E-state index is 13.5. The number of benzene rings is 3. The normalized spacial score (nSPS) is 17.3. The van der Waals surface area contributed by atoms with Gasteiger partial charge in [-0.05, 0) is 52.6 Å². The number of aliphatic hydroxyl groups is 1. The van der Waals surface area contributed by atoms with E-state index >= 15 is 0 Å². The number of hydrogen-bond donors (Lipinski definition) is 2. The van der Waals surface area contributed by atoms with E-state index in [1.54, 1.807) is 12.1 Å². The lowest BCUT2D eigenvalue weighted by molar-refractivity contribution is -0.904. The number of amides is 1. The van der Waals surface area contributed by atoms with Gasteiger partial charge in [-0.2, -0.15) is 13.2 Å². The molecule has 50 heavy (non-hydrogen) atoms. The van der Waals surface area contributed by atoms with E-state index in [1.807, 2.05) is 56.6 Å². The molecule has 0 radical (unpaired) electrons. The third-order valence-electron chi connectivity index (χ3n) is 8.70. The summed E-state index contributed by atoms with van der Waals surface area (Å²) >= 11 is 1.52. The minimum atomic E-state index is -4.39. The van der Waals surface area contributed by atoms with Crippen molar-refractivity contribution in [3.05, 3.63) is 131 Å². The average Bonchev–Trinajstić information content (AvgIpc) is 3.70. The minimum Gasteiger partial charge on any atom is -1.00 e. The fourth-order valence-electron chi connectivity index (χ4n) is 5.96. The van der Waals surface area contributed by atoms with Crippen molar-refractivity contribution in [1.29, 1.82) is 0 Å². The van der Waals surface area contributed by atoms with E-state index in [0.29, 0.717) is 47.8 Å². The molecule has 4 aromatic rings. The highest BCUT2D eigenvalue weighted by Crippen LogP contribution is 2.35. The molecule has 14 heteroatoms. The first-order valence-corrected chi connectivity index (χ1v) is 16.9. The number of likely N-dealkylation sites (N-methyl/N-ethyl adjacent to an activating group) is 1. The van der Waals surface area contributed by atoms with Gasteiger partial charge in [0.2, 0.25) is 5.91 Å². The molecule has 0 bridgehead atoms. The van der Waals surface area contributed by atoms with Crippen LogP contribution in [0, 0.1) is 11.7 Å². The molecule has 1 aromatic heterocycles. The third kappa shape index (κ3) is 8.58. The molecule has 2 atom stereocenters. The third-order valence-corrected chi connectivity index (χ3v) is 9.89. The molecular weight excluding hydrogens is 692 g/mol. The number of carbonyl (C=O) groups excluding carboxylic acids is 1. The number of aliphatic hydroxyl groups excluding tert-OH is 1. The zero-order valence-corrected chi connectivity index (χ0v) is 29.0. The van der Waals surface area contributed by atoms with Crippen LogP contribution in [0.3, 0.4) is 0 Å². The number of rotatable bonds is 12. The molecule has 1 amide bonds. The summed E-state index contributed by atoms with van der Waals surface area (Å²) < 4.78 is 55.3. The Balaban J connectivity index is 0.00000486. The summed E-state index contributed by atoms with van der Waals surface area (Å²) in [6.07, 6.45) is 1.29. The molecule has 2 N–H and O–H groups in total. The van der Waals surface area contributed by atoms with E-state index in [2.05, 4.69) is 25.0 Å². The maximum Gasteiger partial charge on any atom is 0.416 e. The zero-order valence-electron chi connectivity index (χ0n) is 27.4. The summed E-state index contributed by atoms with van der Waals surface area (Å²) in [7, 11) is 4.02. The zero-order chi connectivity index (χ0) is 34.8. The Bertz CT molecular complexity index is 1840. The topological polar surface area (TPSA) is 83.3 Å². The van der Waals surface area contributed by atoms with Crippen molar-refractivity contribution in [2.75, 3.05) is 27.2 Å². The number of thioether (sulfide) groups is 1. The van der Waals surface area contributed by atoms with E-state index in [-0.39, 0.29) is 30.7 Å². The Hall–Kier alpha value is -4.17. The van der Waals surface area contributed by atoms with Gasteiger partial charge in [0.1, 0.15) is 18.9 Å². The highest BCUT2D eigenvalue weighted by atomic mass is 35.5. The summed E-state index contributed by atoms with van der Waals surface area (Å²) in [6.45, 7) is 1.81. The molecule has 1 saturated heterocycles. The number of alkyl halides is 3. The monoisotopic (exact) mass is 728 g/mol. The van der Waals surface area contributed by atoms with E-state index in [9.17, 15) is 27.5 Å². The highest BCUT2D eigenvalue weighted by Gasteiger charge is 2.39. The van der Waals surface area contributed by atoms with Crippen molar-refractivity contribution < 1.29 is 44.4 Å². The number of nitrogens with one attached hydrogen (secondary N) is 1. The molecule has 0 spiro atoms. The Labute approximate surface area is 298 Å². The Kier molecular flexibility index (Phi) is 11.4. The van der Waals surface area contributed by atoms with Gasteiger partial charge >= 0.3 is 6.18 Å². The summed E-state index contributed by atoms with van der Waals surface area (Å²) in [5, 5.41) is 22.0. The van der Waals surface area contributed by atoms with Crippen LogP contribution in [0.25, 0.3) is 11.1 Å². The van der Waals surface area contributed by atoms with Gasteiger partial charge in [0, 0.05) is 11.4 Å². The number of carbonyl (C=O) groups is 1. The van der Waals surface area contributed by atoms with Gasteiger partial charge in [0.25, 0.3) is 0 Å². The van der Waals surface area contributed by atoms with Crippen molar-refractivity contribution in [1.82, 2.24) is 25.0 Å². The molecule has 6 rings (SSSR count). The minimum absolute atomic E-state index is 0. The summed E-state index contributed by atoms with van der Waals surface area (Å²) in [5.74, 6) is 1.13. The van der Waals surface area contributed by atoms with Crippen LogP contribution in [0.2, 0.25) is 0 Å². The molecular formula is C36H37ClF4N6O2S. The van der Waals surface area contributed by atoms with Gasteiger partial charge < -0.3 is 36.8 Å². The van der Waals surface area contributed by atoms with Crippen LogP contribution in [-0.2, 0) is 36.4 Å². The average molecular weight is 729 g/mol. The lowest BCUT2D eigenvalue weighted by Crippen LogP contribution is -3.00. The quantitative estimate of drug-likeness (QED) is 0.173. The standard InChI is InChI=1S/C36H36F4N6O2S.ClH/c1-46(2,18-19-47)22-33-43-42-32(45(33)20-24-6-10-26(11-7-24)27-12-14-28(15-13-27)36(38,39)40)21-44-31-5-3-4-30(31)34(48)41-35(44)49-23-25-8-16-29(37)17-9-25;/h3-17,30,35,47H,18-23H2,1-2H3;1H. The summed E-state index contributed by atoms with van der Waals surface area (Å²) in [5.41, 5.74) is 3.08. The molecule has 3 aromatic carbocycles. The number of aromatic nitrogens is 3. The second-order valence-electron chi connectivity index (χ2n) is 12.8. The second kappa shape index (κ2) is 15.4. The second-order valence-corrected chi connectivity index (χ2v) is 13.9. The molecule has 2 aliphatic rings. The van der Waals surface area contributed by atoms with Crippen molar-refractivity contribution >= 4 is 17.7 Å². The highest BCUT2D eigenvalue weighted by molar-refractivity contribution is 7.99. The van der Waals surface area contributed by atoms with Gasteiger partial charge in [-0.25, -0.2) is 4.39 Å². The van der Waals surface area contributed by atoms with Gasteiger partial charge in [-0.3, -0.25) is 4.79 Å². The van der Waals surface area contributed by atoms with E-state index in [4.69, 9.17) is 0 Å². The lowest BCUT2D eigenvalue weighted by Gasteiger charge is -2.41. The number of allylic oxidation sites excluding steroid dienone is 2. The van der Waals surface area contributed by atoms with E-state index in [1.165, 1.54) is 36.0 Å². The van der Waals surface area contributed by atoms with Crippen LogP contribution < -0.4 is 17.7 Å². The largest absolute Gasteiger partial charge is 1.00 e. The predicted molar refractivity (Wildman–Crippen MR) is 180 cm³/mol. The molecule has 1 aliphatic carbocycles. The van der Waals surface area contributed by atoms with Crippen LogP contribution in [-0.4, -0.2) is 67.9 Å². The van der Waals surface area contributed by atoms with Crippen LogP contribution >= 0.6 is 11.8 Å². The molecule has 264 valence electrons. The molecule has 2 heterocycles. The van der Waals surface area contributed by atoms with Crippen molar-refractivity contribution in [2.24, 2.45) is 5.92 Å². The van der Waals surface area contributed by atoms with Crippen molar-refractivity contribution in [3.8, 4) is 11.1 Å². The molecule has 1 aliphatic heterocycles. The van der Waals surface area contributed by atoms with Gasteiger partial charge in [0.15, 0.2) is 17.1 Å². The van der Waals surface area contributed by atoms with E-state index in [0.717, 1.165) is 40.3 Å². The number of quaternary nitrogens is 1. The fraction of sp³-hybridized carbons (Fsp3) is 0.306. The first-order chi connectivity index (χ1) is 23.4. The van der Waals surface area contributed by atoms with Gasteiger partial charge in [-0.15, -0.1) is 22.0 Å². The first kappa shape index (κ1) is 37.1. The number of halogens is 5. The van der Waals surface area contributed by atoms with Crippen LogP contribution in [0.5, 0.6) is 0 Å². The Morgan fingerprint density at radius 1 is 0.900 bits per heavy atom. The Morgan fingerprint density at radius 3 is 2.16 bits per heavy atom. The predicted octanol–water partition coefficient (Wildman–Crippen LogP) is 2.94. The number of hydrogen-bond acceptors (Lipinski definition) is 6. The van der Waals surface area contributed by atoms with Crippen LogP contribution in [0.15, 0.2) is 96.7 Å². The van der Waals surface area contributed by atoms with Crippen molar-refractivity contribution in [3.63, 3.8) is 0 Å². The van der Waals surface area contributed by atoms with Gasteiger partial charge in [-0.1, -0.05) is 60.7 Å². The fourth-order valence-corrected chi connectivity index (χ4v) is 7.08.